The first-order chi connectivity index (χ1) is 12.1. The minimum absolute atomic E-state index is 0.0221. The average Bonchev–Trinajstić information content (AvgIpc) is 2.97. The monoisotopic (exact) mass is 339 g/mol. The SMILES string of the molecule is O=C(O)c1ccc(CNC(=O)[C@@]2(c3ccccc3)CC23CCCC3)o1. The second kappa shape index (κ2) is 5.76. The van der Waals surface area contributed by atoms with Gasteiger partial charge in [0.15, 0.2) is 0 Å². The molecule has 5 nitrogen and oxygen atoms in total. The van der Waals surface area contributed by atoms with E-state index in [2.05, 4.69) is 5.32 Å². The highest BCUT2D eigenvalue weighted by Gasteiger charge is 2.72. The van der Waals surface area contributed by atoms with E-state index in [1.165, 1.54) is 18.9 Å². The van der Waals surface area contributed by atoms with Crippen LogP contribution in [0.25, 0.3) is 0 Å². The van der Waals surface area contributed by atoms with Gasteiger partial charge in [0, 0.05) is 0 Å². The second-order valence-corrected chi connectivity index (χ2v) is 7.19. The molecule has 0 unspecified atom stereocenters. The summed E-state index contributed by atoms with van der Waals surface area (Å²) < 4.78 is 5.24. The van der Waals surface area contributed by atoms with Crippen LogP contribution in [0.1, 0.15) is 54.0 Å². The second-order valence-electron chi connectivity index (χ2n) is 7.19. The highest BCUT2D eigenvalue weighted by molar-refractivity contribution is 5.93. The van der Waals surface area contributed by atoms with E-state index >= 15 is 0 Å². The molecule has 5 heteroatoms. The molecule has 130 valence electrons. The molecule has 2 aliphatic carbocycles. The Bertz CT molecular complexity index is 804. The predicted molar refractivity (Wildman–Crippen MR) is 91.2 cm³/mol. The highest BCUT2D eigenvalue weighted by Crippen LogP contribution is 2.72. The van der Waals surface area contributed by atoms with E-state index in [1.807, 2.05) is 30.3 Å². The van der Waals surface area contributed by atoms with Crippen molar-refractivity contribution in [2.24, 2.45) is 5.41 Å². The maximum atomic E-state index is 13.1. The molecule has 2 saturated carbocycles. The summed E-state index contributed by atoms with van der Waals surface area (Å²) in [6, 6.07) is 13.0. The number of nitrogens with one attached hydrogen (secondary N) is 1. The molecule has 1 amide bonds. The van der Waals surface area contributed by atoms with Gasteiger partial charge in [-0.15, -0.1) is 0 Å². The predicted octanol–water partition coefficient (Wildman–Crippen LogP) is 3.50. The maximum absolute atomic E-state index is 13.1. The number of furan rings is 1. The number of carbonyl (C=O) groups is 2. The summed E-state index contributed by atoms with van der Waals surface area (Å²) in [5, 5.41) is 11.9. The van der Waals surface area contributed by atoms with Crippen LogP contribution in [-0.4, -0.2) is 17.0 Å². The van der Waals surface area contributed by atoms with Crippen LogP contribution in [0.5, 0.6) is 0 Å². The van der Waals surface area contributed by atoms with Crippen LogP contribution in [0.2, 0.25) is 0 Å². The number of carbonyl (C=O) groups excluding carboxylic acids is 1. The van der Waals surface area contributed by atoms with E-state index in [-0.39, 0.29) is 23.6 Å². The zero-order valence-corrected chi connectivity index (χ0v) is 14.0. The van der Waals surface area contributed by atoms with Crippen molar-refractivity contribution in [2.75, 3.05) is 0 Å². The average molecular weight is 339 g/mol. The Morgan fingerprint density at radius 1 is 1.08 bits per heavy atom. The zero-order chi connectivity index (χ0) is 17.5. The number of carboxylic acids is 1. The summed E-state index contributed by atoms with van der Waals surface area (Å²) in [6.45, 7) is 0.205. The molecule has 1 heterocycles. The van der Waals surface area contributed by atoms with Gasteiger partial charge < -0.3 is 14.8 Å². The molecular formula is C20H21NO4. The van der Waals surface area contributed by atoms with Crippen LogP contribution in [0.15, 0.2) is 46.9 Å². The van der Waals surface area contributed by atoms with Gasteiger partial charge in [0.05, 0.1) is 12.0 Å². The normalized spacial score (nSPS) is 23.5. The number of hydrogen-bond acceptors (Lipinski definition) is 3. The van der Waals surface area contributed by atoms with Gasteiger partial charge in [-0.3, -0.25) is 4.79 Å². The largest absolute Gasteiger partial charge is 0.475 e. The van der Waals surface area contributed by atoms with Gasteiger partial charge in [0.2, 0.25) is 11.7 Å². The Morgan fingerprint density at radius 2 is 1.80 bits per heavy atom. The molecule has 2 fully saturated rings. The minimum Gasteiger partial charge on any atom is -0.475 e. The third-order valence-electron chi connectivity index (χ3n) is 5.89. The van der Waals surface area contributed by atoms with Crippen molar-refractivity contribution < 1.29 is 19.1 Å². The Morgan fingerprint density at radius 3 is 2.44 bits per heavy atom. The van der Waals surface area contributed by atoms with Crippen molar-refractivity contribution in [1.29, 1.82) is 0 Å². The Hall–Kier alpha value is -2.56. The van der Waals surface area contributed by atoms with Crippen molar-refractivity contribution in [3.8, 4) is 0 Å². The third kappa shape index (κ3) is 2.46. The Labute approximate surface area is 146 Å². The van der Waals surface area contributed by atoms with Crippen molar-refractivity contribution >= 4 is 11.9 Å². The molecule has 1 aromatic carbocycles. The molecule has 0 aliphatic heterocycles. The molecule has 2 aromatic rings. The lowest BCUT2D eigenvalue weighted by Gasteiger charge is -2.22. The first kappa shape index (κ1) is 15.9. The summed E-state index contributed by atoms with van der Waals surface area (Å²) in [4.78, 5) is 24.0. The fourth-order valence-corrected chi connectivity index (χ4v) is 4.61. The lowest BCUT2D eigenvalue weighted by atomic mass is 9.84. The maximum Gasteiger partial charge on any atom is 0.371 e. The lowest BCUT2D eigenvalue weighted by Crippen LogP contribution is -2.38. The van der Waals surface area contributed by atoms with Crippen molar-refractivity contribution in [3.05, 3.63) is 59.5 Å². The van der Waals surface area contributed by atoms with Crippen LogP contribution in [-0.2, 0) is 16.8 Å². The number of aromatic carboxylic acids is 1. The first-order valence-electron chi connectivity index (χ1n) is 8.73. The molecule has 1 aromatic heterocycles. The molecule has 2 aliphatic rings. The number of rotatable bonds is 5. The van der Waals surface area contributed by atoms with E-state index in [0.29, 0.717) is 5.76 Å². The smallest absolute Gasteiger partial charge is 0.371 e. The fraction of sp³-hybridized carbons (Fsp3) is 0.400. The van der Waals surface area contributed by atoms with E-state index in [1.54, 1.807) is 6.07 Å². The van der Waals surface area contributed by atoms with Crippen LogP contribution in [0, 0.1) is 5.41 Å². The molecule has 0 bridgehead atoms. The fourth-order valence-electron chi connectivity index (χ4n) is 4.61. The molecule has 2 N–H and O–H groups in total. The lowest BCUT2D eigenvalue weighted by molar-refractivity contribution is -0.124. The first-order valence-corrected chi connectivity index (χ1v) is 8.73. The summed E-state index contributed by atoms with van der Waals surface area (Å²) in [7, 11) is 0. The van der Waals surface area contributed by atoms with Crippen LogP contribution in [0.4, 0.5) is 0 Å². The van der Waals surface area contributed by atoms with E-state index in [9.17, 15) is 9.59 Å². The van der Waals surface area contributed by atoms with Gasteiger partial charge in [-0.05, 0) is 42.4 Å². The van der Waals surface area contributed by atoms with Gasteiger partial charge in [-0.2, -0.15) is 0 Å². The molecule has 0 saturated heterocycles. The Kier molecular flexibility index (Phi) is 3.67. The van der Waals surface area contributed by atoms with Crippen molar-refractivity contribution in [1.82, 2.24) is 5.32 Å². The molecule has 25 heavy (non-hydrogen) atoms. The summed E-state index contributed by atoms with van der Waals surface area (Å²) in [6.07, 6.45) is 5.46. The molecule has 1 spiro atoms. The molecule has 0 radical (unpaired) electrons. The van der Waals surface area contributed by atoms with Crippen LogP contribution < -0.4 is 5.32 Å². The number of carboxylic acid groups (broad SMARTS) is 1. The van der Waals surface area contributed by atoms with E-state index in [4.69, 9.17) is 9.52 Å². The van der Waals surface area contributed by atoms with Crippen LogP contribution >= 0.6 is 0 Å². The quantitative estimate of drug-likeness (QED) is 0.874. The van der Waals surface area contributed by atoms with Gasteiger partial charge >= 0.3 is 5.97 Å². The number of benzene rings is 1. The minimum atomic E-state index is -1.11. The van der Waals surface area contributed by atoms with Crippen LogP contribution in [0.3, 0.4) is 0 Å². The summed E-state index contributed by atoms with van der Waals surface area (Å²) in [5.41, 5.74) is 0.723. The van der Waals surface area contributed by atoms with Gasteiger partial charge in [-0.1, -0.05) is 43.2 Å². The molecular weight excluding hydrogens is 318 g/mol. The van der Waals surface area contributed by atoms with Gasteiger partial charge in [0.1, 0.15) is 5.76 Å². The topological polar surface area (TPSA) is 79.5 Å². The summed E-state index contributed by atoms with van der Waals surface area (Å²) in [5.74, 6) is -0.741. The number of hydrogen-bond donors (Lipinski definition) is 2. The molecule has 1 atom stereocenters. The summed E-state index contributed by atoms with van der Waals surface area (Å²) >= 11 is 0. The Balaban J connectivity index is 1.54. The van der Waals surface area contributed by atoms with E-state index in [0.717, 1.165) is 24.8 Å². The van der Waals surface area contributed by atoms with Crippen molar-refractivity contribution in [3.63, 3.8) is 0 Å². The van der Waals surface area contributed by atoms with Gasteiger partial charge in [-0.25, -0.2) is 4.79 Å². The zero-order valence-electron chi connectivity index (χ0n) is 14.0. The highest BCUT2D eigenvalue weighted by atomic mass is 16.4. The molecule has 4 rings (SSSR count). The standard InChI is InChI=1S/C20H21NO4/c22-17(23)16-9-8-15(25-16)12-21-18(24)20(14-6-2-1-3-7-14)13-19(20)10-4-5-11-19/h1-3,6-9H,4-5,10-13H2,(H,21,24)(H,22,23)/t20-/m0/s1. The number of amides is 1. The third-order valence-corrected chi connectivity index (χ3v) is 5.89. The van der Waals surface area contributed by atoms with Gasteiger partial charge in [0.25, 0.3) is 0 Å². The van der Waals surface area contributed by atoms with E-state index < -0.39 is 11.4 Å². The van der Waals surface area contributed by atoms with Crippen molar-refractivity contribution in [2.45, 2.75) is 44.1 Å².